The highest BCUT2D eigenvalue weighted by atomic mass is 127. The van der Waals surface area contributed by atoms with Gasteiger partial charge < -0.3 is 25.3 Å². The molecule has 2 saturated heterocycles. The molecule has 4 rings (SSSR count). The molecule has 0 aromatic heterocycles. The number of carbonyl (C=O) groups is 1. The Bertz CT molecular complexity index is 908. The number of halogens is 1. The molecule has 2 aromatic rings. The number of amides is 2. The third kappa shape index (κ3) is 6.99. The fraction of sp³-hybridized carbons (Fsp3) is 0.440. The number of likely N-dealkylation sites (tertiary alicyclic amines) is 1. The van der Waals surface area contributed by atoms with Crippen LogP contribution in [0, 0.1) is 0 Å². The molecule has 2 aromatic carbocycles. The minimum absolute atomic E-state index is 0. The molecule has 0 spiro atoms. The number of para-hydroxylation sites is 1. The van der Waals surface area contributed by atoms with Crippen LogP contribution in [0.1, 0.15) is 25.3 Å². The summed E-state index contributed by atoms with van der Waals surface area (Å²) in [6.07, 6.45) is 2.18. The Labute approximate surface area is 214 Å². The van der Waals surface area contributed by atoms with Crippen LogP contribution >= 0.6 is 24.0 Å². The van der Waals surface area contributed by atoms with Crippen LogP contribution in [-0.2, 0) is 6.54 Å². The van der Waals surface area contributed by atoms with Gasteiger partial charge in [0.05, 0.1) is 6.54 Å². The van der Waals surface area contributed by atoms with E-state index in [4.69, 9.17) is 4.99 Å². The fourth-order valence-electron chi connectivity index (χ4n) is 4.28. The van der Waals surface area contributed by atoms with Gasteiger partial charge in [-0.2, -0.15) is 0 Å². The standard InChI is InChI=1S/C25H34N6O.HI/c1-2-26-24(30-17-15-29(16-18-30)23-11-4-3-5-12-23)27-20-21-9-8-10-22(19-21)28-25(32)31-13-6-7-14-31;/h3-5,8-12,19H,2,6-7,13-18,20H2,1H3,(H,26,27)(H,28,32);1H. The summed E-state index contributed by atoms with van der Waals surface area (Å²) in [7, 11) is 0. The van der Waals surface area contributed by atoms with Gasteiger partial charge in [0, 0.05) is 57.2 Å². The first kappa shape index (κ1) is 25.1. The number of benzene rings is 2. The van der Waals surface area contributed by atoms with Gasteiger partial charge in [-0.25, -0.2) is 9.79 Å². The van der Waals surface area contributed by atoms with E-state index in [1.807, 2.05) is 23.1 Å². The lowest BCUT2D eigenvalue weighted by molar-refractivity contribution is 0.222. The number of anilines is 2. The molecule has 2 N–H and O–H groups in total. The summed E-state index contributed by atoms with van der Waals surface area (Å²) < 4.78 is 0. The van der Waals surface area contributed by atoms with Gasteiger partial charge >= 0.3 is 6.03 Å². The Morgan fingerprint density at radius 2 is 1.64 bits per heavy atom. The number of hydrogen-bond acceptors (Lipinski definition) is 3. The van der Waals surface area contributed by atoms with Crippen LogP contribution in [0.5, 0.6) is 0 Å². The lowest BCUT2D eigenvalue weighted by Crippen LogP contribution is -2.52. The third-order valence-corrected chi connectivity index (χ3v) is 6.02. The van der Waals surface area contributed by atoms with Gasteiger partial charge in [0.1, 0.15) is 0 Å². The van der Waals surface area contributed by atoms with Crippen molar-refractivity contribution in [3.8, 4) is 0 Å². The van der Waals surface area contributed by atoms with E-state index >= 15 is 0 Å². The number of hydrogen-bond donors (Lipinski definition) is 2. The van der Waals surface area contributed by atoms with Gasteiger partial charge in [0.25, 0.3) is 0 Å². The first-order chi connectivity index (χ1) is 15.7. The van der Waals surface area contributed by atoms with Crippen LogP contribution in [0.25, 0.3) is 0 Å². The van der Waals surface area contributed by atoms with Crippen molar-refractivity contribution in [1.29, 1.82) is 0 Å². The highest BCUT2D eigenvalue weighted by Gasteiger charge is 2.20. The number of nitrogens with zero attached hydrogens (tertiary/aromatic N) is 4. The van der Waals surface area contributed by atoms with Crippen molar-refractivity contribution in [2.45, 2.75) is 26.3 Å². The van der Waals surface area contributed by atoms with Crippen molar-refractivity contribution in [3.63, 3.8) is 0 Å². The van der Waals surface area contributed by atoms with Crippen LogP contribution in [-0.4, -0.2) is 67.6 Å². The monoisotopic (exact) mass is 562 g/mol. The quantitative estimate of drug-likeness (QED) is 0.326. The van der Waals surface area contributed by atoms with Crippen molar-refractivity contribution in [2.75, 3.05) is 56.0 Å². The Morgan fingerprint density at radius 3 is 2.33 bits per heavy atom. The van der Waals surface area contributed by atoms with Crippen molar-refractivity contribution in [3.05, 3.63) is 60.2 Å². The van der Waals surface area contributed by atoms with Crippen molar-refractivity contribution < 1.29 is 4.79 Å². The van der Waals surface area contributed by atoms with Gasteiger partial charge in [0.2, 0.25) is 0 Å². The first-order valence-corrected chi connectivity index (χ1v) is 11.7. The zero-order chi connectivity index (χ0) is 22.2. The second-order valence-electron chi connectivity index (χ2n) is 8.30. The number of rotatable bonds is 5. The maximum Gasteiger partial charge on any atom is 0.321 e. The summed E-state index contributed by atoms with van der Waals surface area (Å²) in [6.45, 7) is 9.04. The maximum absolute atomic E-state index is 12.4. The average Bonchev–Trinajstić information content (AvgIpc) is 3.38. The highest BCUT2D eigenvalue weighted by molar-refractivity contribution is 14.0. The average molecular weight is 563 g/mol. The van der Waals surface area contributed by atoms with E-state index in [2.05, 4.69) is 63.8 Å². The molecule has 0 aliphatic carbocycles. The molecule has 178 valence electrons. The lowest BCUT2D eigenvalue weighted by atomic mass is 10.2. The van der Waals surface area contributed by atoms with Gasteiger partial charge in [-0.1, -0.05) is 30.3 Å². The fourth-order valence-corrected chi connectivity index (χ4v) is 4.28. The van der Waals surface area contributed by atoms with Crippen LogP contribution in [0.3, 0.4) is 0 Å². The van der Waals surface area contributed by atoms with Gasteiger partial charge in [-0.15, -0.1) is 24.0 Å². The predicted octanol–water partition coefficient (Wildman–Crippen LogP) is 4.22. The molecule has 0 saturated carbocycles. The van der Waals surface area contributed by atoms with Crippen molar-refractivity contribution >= 4 is 47.3 Å². The molecule has 7 nitrogen and oxygen atoms in total. The molecule has 0 atom stereocenters. The Balaban J connectivity index is 0.00000306. The van der Waals surface area contributed by atoms with Crippen LogP contribution in [0.4, 0.5) is 16.2 Å². The summed E-state index contributed by atoms with van der Waals surface area (Å²) in [4.78, 5) is 23.9. The van der Waals surface area contributed by atoms with E-state index in [9.17, 15) is 4.79 Å². The van der Waals surface area contributed by atoms with Crippen LogP contribution in [0.2, 0.25) is 0 Å². The normalized spacial score (nSPS) is 16.4. The second kappa shape index (κ2) is 12.7. The van der Waals surface area contributed by atoms with Gasteiger partial charge in [-0.05, 0) is 49.6 Å². The molecule has 2 heterocycles. The SMILES string of the molecule is CCNC(=NCc1cccc(NC(=O)N2CCCC2)c1)N1CCN(c2ccccc2)CC1.I. The van der Waals surface area contributed by atoms with Crippen LogP contribution < -0.4 is 15.5 Å². The summed E-state index contributed by atoms with van der Waals surface area (Å²) in [5.74, 6) is 0.951. The summed E-state index contributed by atoms with van der Waals surface area (Å²) in [5.41, 5.74) is 3.19. The number of urea groups is 1. The zero-order valence-corrected chi connectivity index (χ0v) is 21.7. The molecule has 0 radical (unpaired) electrons. The molecule has 2 aliphatic rings. The Hall–Kier alpha value is -2.49. The molecule has 2 aliphatic heterocycles. The van der Waals surface area contributed by atoms with Gasteiger partial charge in [0.15, 0.2) is 5.96 Å². The zero-order valence-electron chi connectivity index (χ0n) is 19.4. The topological polar surface area (TPSA) is 63.2 Å². The predicted molar refractivity (Wildman–Crippen MR) is 147 cm³/mol. The number of piperazine rings is 1. The number of guanidine groups is 1. The maximum atomic E-state index is 12.4. The molecular formula is C25H35IN6O. The highest BCUT2D eigenvalue weighted by Crippen LogP contribution is 2.17. The Kier molecular flexibility index (Phi) is 9.65. The van der Waals surface area contributed by atoms with Crippen molar-refractivity contribution in [2.24, 2.45) is 4.99 Å². The Morgan fingerprint density at radius 1 is 0.909 bits per heavy atom. The lowest BCUT2D eigenvalue weighted by Gasteiger charge is -2.37. The van der Waals surface area contributed by atoms with E-state index in [0.29, 0.717) is 6.54 Å². The summed E-state index contributed by atoms with van der Waals surface area (Å²) >= 11 is 0. The number of nitrogens with one attached hydrogen (secondary N) is 2. The minimum atomic E-state index is -0.00669. The molecule has 2 fully saturated rings. The molecule has 0 unspecified atom stereocenters. The van der Waals surface area contributed by atoms with Crippen molar-refractivity contribution in [1.82, 2.24) is 15.1 Å². The summed E-state index contributed by atoms with van der Waals surface area (Å²) in [5, 5.41) is 6.47. The summed E-state index contributed by atoms with van der Waals surface area (Å²) in [6, 6.07) is 18.6. The van der Waals surface area contributed by atoms with Gasteiger partial charge in [-0.3, -0.25) is 0 Å². The molecular weight excluding hydrogens is 527 g/mol. The van der Waals surface area contributed by atoms with Crippen LogP contribution in [0.15, 0.2) is 59.6 Å². The smallest absolute Gasteiger partial charge is 0.321 e. The first-order valence-electron chi connectivity index (χ1n) is 11.7. The molecule has 8 heteroatoms. The largest absolute Gasteiger partial charge is 0.368 e. The molecule has 33 heavy (non-hydrogen) atoms. The van der Waals surface area contributed by atoms with E-state index in [-0.39, 0.29) is 30.0 Å². The number of aliphatic imine (C=N–C) groups is 1. The third-order valence-electron chi connectivity index (χ3n) is 6.02. The number of carbonyl (C=O) groups excluding carboxylic acids is 1. The minimum Gasteiger partial charge on any atom is -0.368 e. The molecule has 0 bridgehead atoms. The van der Waals surface area contributed by atoms with E-state index in [1.165, 1.54) is 5.69 Å². The van der Waals surface area contributed by atoms with E-state index in [0.717, 1.165) is 75.9 Å². The molecule has 2 amide bonds. The van der Waals surface area contributed by atoms with E-state index < -0.39 is 0 Å². The van der Waals surface area contributed by atoms with E-state index in [1.54, 1.807) is 0 Å². The second-order valence-corrected chi connectivity index (χ2v) is 8.30.